The number of rotatable bonds is 6. The second-order valence-corrected chi connectivity index (χ2v) is 10.9. The third-order valence-corrected chi connectivity index (χ3v) is 5.24. The number of carbonyl (C=O) groups is 1. The number of hydrogen-bond donors (Lipinski definition) is 1. The molecule has 2 N–H and O–H groups in total. The van der Waals surface area contributed by atoms with E-state index in [0.29, 0.717) is 11.4 Å². The van der Waals surface area contributed by atoms with Gasteiger partial charge in [-0.25, -0.2) is 4.98 Å². The number of thiazole rings is 1. The third kappa shape index (κ3) is 7.41. The Balaban J connectivity index is 2.30. The number of esters is 1. The van der Waals surface area contributed by atoms with Gasteiger partial charge in [0.25, 0.3) is 0 Å². The molecule has 9 heteroatoms. The number of nitrogens with zero attached hydrogens (tertiary/aromatic N) is 1. The van der Waals surface area contributed by atoms with E-state index in [1.807, 2.05) is 26.2 Å². The monoisotopic (exact) mass is 440 g/mol. The maximum absolute atomic E-state index is 12.9. The second kappa shape index (κ2) is 8.41. The van der Waals surface area contributed by atoms with Crippen molar-refractivity contribution < 1.29 is 22.1 Å². The number of hydrogen-bond acceptors (Lipinski definition) is 7. The number of nitrogens with two attached hydrogens (primary N) is 1. The zero-order chi connectivity index (χ0) is 22.0. The predicted molar refractivity (Wildman–Crippen MR) is 113 cm³/mol. The van der Waals surface area contributed by atoms with Gasteiger partial charge in [0.1, 0.15) is 22.3 Å². The van der Waals surface area contributed by atoms with Crippen LogP contribution in [0, 0.1) is 0 Å². The molecule has 0 spiro atoms. The van der Waals surface area contributed by atoms with Crippen molar-refractivity contribution in [1.29, 1.82) is 0 Å². The Morgan fingerprint density at radius 1 is 1.14 bits per heavy atom. The summed E-state index contributed by atoms with van der Waals surface area (Å²) in [4.78, 5) is 17.6. The summed E-state index contributed by atoms with van der Waals surface area (Å²) < 4.78 is 32.3. The zero-order valence-electron chi connectivity index (χ0n) is 17.6. The summed E-state index contributed by atoms with van der Waals surface area (Å²) in [5, 5.41) is 7.54. The van der Waals surface area contributed by atoms with Crippen molar-refractivity contribution >= 4 is 27.6 Å². The Bertz CT molecular complexity index is 952. The molecule has 1 atom stereocenters. The van der Waals surface area contributed by atoms with Crippen LogP contribution >= 0.6 is 11.3 Å². The summed E-state index contributed by atoms with van der Waals surface area (Å²) in [6.45, 7) is 11.7. The largest absolute Gasteiger partial charge is 0.459 e. The van der Waals surface area contributed by atoms with Gasteiger partial charge in [-0.2, -0.15) is 13.6 Å². The second-order valence-electron chi connectivity index (χ2n) is 8.83. The first-order valence-electron chi connectivity index (χ1n) is 9.14. The summed E-state index contributed by atoms with van der Waals surface area (Å²) in [5.74, 6) is -0.813. The SMILES string of the molecule is CC(C)(C)OC(=O)[C@H](Cc1ccc(OS(N)(=O)=O)cc1)c1nc(C(C)(C)C)cs1. The van der Waals surface area contributed by atoms with Crippen LogP contribution in [0.1, 0.15) is 63.7 Å². The number of aromatic nitrogens is 1. The maximum Gasteiger partial charge on any atom is 0.380 e. The van der Waals surface area contributed by atoms with Crippen molar-refractivity contribution in [2.24, 2.45) is 5.14 Å². The van der Waals surface area contributed by atoms with Crippen molar-refractivity contribution in [3.8, 4) is 5.75 Å². The molecule has 0 unspecified atom stereocenters. The minimum atomic E-state index is -4.08. The average Bonchev–Trinajstić information content (AvgIpc) is 3.00. The Morgan fingerprint density at radius 2 is 1.72 bits per heavy atom. The molecule has 0 bridgehead atoms. The quantitative estimate of drug-likeness (QED) is 0.686. The van der Waals surface area contributed by atoms with Crippen LogP contribution in [-0.4, -0.2) is 25.0 Å². The Morgan fingerprint density at radius 3 is 2.17 bits per heavy atom. The van der Waals surface area contributed by atoms with Gasteiger partial charge < -0.3 is 8.92 Å². The summed E-state index contributed by atoms with van der Waals surface area (Å²) in [5.41, 5.74) is 0.991. The number of carbonyl (C=O) groups excluding carboxylic acids is 1. The molecule has 0 saturated heterocycles. The highest BCUT2D eigenvalue weighted by Crippen LogP contribution is 2.31. The molecule has 0 fully saturated rings. The van der Waals surface area contributed by atoms with E-state index >= 15 is 0 Å². The fourth-order valence-corrected chi connectivity index (χ4v) is 4.00. The molecular weight excluding hydrogens is 412 g/mol. The third-order valence-electron chi connectivity index (χ3n) is 3.86. The van der Waals surface area contributed by atoms with E-state index in [0.717, 1.165) is 11.3 Å². The summed E-state index contributed by atoms with van der Waals surface area (Å²) in [6, 6.07) is 6.37. The average molecular weight is 441 g/mol. The molecular formula is C20H28N2O5S2. The molecule has 0 aliphatic carbocycles. The maximum atomic E-state index is 12.9. The molecule has 1 aromatic heterocycles. The number of benzene rings is 1. The van der Waals surface area contributed by atoms with Crippen molar-refractivity contribution in [1.82, 2.24) is 4.98 Å². The highest BCUT2D eigenvalue weighted by Gasteiger charge is 2.30. The Labute approximate surface area is 176 Å². The lowest BCUT2D eigenvalue weighted by molar-refractivity contribution is -0.156. The Hall–Kier alpha value is -1.97. The van der Waals surface area contributed by atoms with E-state index in [9.17, 15) is 13.2 Å². The summed E-state index contributed by atoms with van der Waals surface area (Å²) >= 11 is 1.44. The first-order valence-corrected chi connectivity index (χ1v) is 11.5. The van der Waals surface area contributed by atoms with Gasteiger partial charge in [-0.15, -0.1) is 11.3 Å². The van der Waals surface area contributed by atoms with E-state index in [-0.39, 0.29) is 17.1 Å². The molecule has 0 saturated carbocycles. The van der Waals surface area contributed by atoms with Crippen LogP contribution in [-0.2, 0) is 31.7 Å². The van der Waals surface area contributed by atoms with Gasteiger partial charge in [0, 0.05) is 10.8 Å². The normalized spacial score (nSPS) is 13.8. The predicted octanol–water partition coefficient (Wildman–Crippen LogP) is 3.69. The van der Waals surface area contributed by atoms with Gasteiger partial charge in [-0.3, -0.25) is 4.79 Å². The van der Waals surface area contributed by atoms with E-state index in [1.54, 1.807) is 12.1 Å². The van der Waals surface area contributed by atoms with E-state index in [4.69, 9.17) is 14.9 Å². The summed E-state index contributed by atoms with van der Waals surface area (Å²) in [7, 11) is -4.08. The fraction of sp³-hybridized carbons (Fsp3) is 0.500. The van der Waals surface area contributed by atoms with E-state index in [2.05, 4.69) is 25.0 Å². The van der Waals surface area contributed by atoms with Crippen molar-refractivity contribution in [2.75, 3.05) is 0 Å². The van der Waals surface area contributed by atoms with Gasteiger partial charge in [-0.05, 0) is 44.9 Å². The van der Waals surface area contributed by atoms with Gasteiger partial charge in [0.15, 0.2) is 0 Å². The first-order chi connectivity index (χ1) is 13.1. The van der Waals surface area contributed by atoms with Gasteiger partial charge in [-0.1, -0.05) is 32.9 Å². The standard InChI is InChI=1S/C20H28N2O5S2/c1-19(2,3)16-12-28-17(22-16)15(18(23)26-20(4,5)6)11-13-7-9-14(10-8-13)27-29(21,24)25/h7-10,12,15H,11H2,1-6H3,(H2,21,24,25)/t15-/m1/s1. The van der Waals surface area contributed by atoms with Crippen LogP contribution in [0.4, 0.5) is 0 Å². The van der Waals surface area contributed by atoms with Crippen LogP contribution < -0.4 is 9.32 Å². The molecule has 1 heterocycles. The van der Waals surface area contributed by atoms with Crippen LogP contribution in [0.3, 0.4) is 0 Å². The molecule has 0 radical (unpaired) electrons. The molecule has 2 rings (SSSR count). The van der Waals surface area contributed by atoms with Crippen molar-refractivity contribution in [3.63, 3.8) is 0 Å². The minimum absolute atomic E-state index is 0.106. The lowest BCUT2D eigenvalue weighted by atomic mass is 9.93. The first kappa shape index (κ1) is 23.3. The zero-order valence-corrected chi connectivity index (χ0v) is 19.2. The van der Waals surface area contributed by atoms with Crippen molar-refractivity contribution in [3.05, 3.63) is 45.9 Å². The minimum Gasteiger partial charge on any atom is -0.459 e. The van der Waals surface area contributed by atoms with Gasteiger partial charge in [0.2, 0.25) is 0 Å². The van der Waals surface area contributed by atoms with E-state index in [1.165, 1.54) is 23.5 Å². The fourth-order valence-electron chi connectivity index (χ4n) is 2.49. The summed E-state index contributed by atoms with van der Waals surface area (Å²) in [6.07, 6.45) is 0.363. The van der Waals surface area contributed by atoms with Crippen LogP contribution in [0.15, 0.2) is 29.6 Å². The lowest BCUT2D eigenvalue weighted by Crippen LogP contribution is -2.29. The molecule has 0 aliphatic heterocycles. The molecule has 0 aliphatic rings. The van der Waals surface area contributed by atoms with Crippen LogP contribution in [0.25, 0.3) is 0 Å². The molecule has 0 amide bonds. The molecule has 1 aromatic carbocycles. The topological polar surface area (TPSA) is 109 Å². The highest BCUT2D eigenvalue weighted by molar-refractivity contribution is 7.84. The molecule has 7 nitrogen and oxygen atoms in total. The molecule has 29 heavy (non-hydrogen) atoms. The molecule has 2 aromatic rings. The van der Waals surface area contributed by atoms with Crippen LogP contribution in [0.5, 0.6) is 5.75 Å². The highest BCUT2D eigenvalue weighted by atomic mass is 32.2. The van der Waals surface area contributed by atoms with Crippen LogP contribution in [0.2, 0.25) is 0 Å². The smallest absolute Gasteiger partial charge is 0.380 e. The van der Waals surface area contributed by atoms with E-state index < -0.39 is 21.8 Å². The van der Waals surface area contributed by atoms with Gasteiger partial charge in [0.05, 0.1) is 5.69 Å². The van der Waals surface area contributed by atoms with Crippen molar-refractivity contribution in [2.45, 2.75) is 64.9 Å². The molecule has 160 valence electrons. The number of ether oxygens (including phenoxy) is 1. The van der Waals surface area contributed by atoms with Gasteiger partial charge >= 0.3 is 16.3 Å². The Kier molecular flexibility index (Phi) is 6.76. The lowest BCUT2D eigenvalue weighted by Gasteiger charge is -2.23.